The predicted molar refractivity (Wildman–Crippen MR) is 56.2 cm³/mol. The Labute approximate surface area is 94.0 Å². The third kappa shape index (κ3) is 1.61. The maximum absolute atomic E-state index is 11.4. The summed E-state index contributed by atoms with van der Waals surface area (Å²) in [5.41, 5.74) is 3.14. The summed E-state index contributed by atoms with van der Waals surface area (Å²) in [7, 11) is 1.28. The summed E-state index contributed by atoms with van der Waals surface area (Å²) in [6.07, 6.45) is 3.26. The van der Waals surface area contributed by atoms with E-state index < -0.39 is 11.9 Å². The van der Waals surface area contributed by atoms with Crippen LogP contribution in [0.5, 0.6) is 0 Å². The lowest BCUT2D eigenvalue weighted by atomic mass is 9.90. The van der Waals surface area contributed by atoms with Crippen molar-refractivity contribution in [3.63, 3.8) is 0 Å². The minimum absolute atomic E-state index is 0.292. The normalized spacial score (nSPS) is 23.5. The molecule has 5 nitrogen and oxygen atoms in total. The molecule has 0 fully saturated rings. The number of carbonyl (C=O) groups is 2. The molecule has 1 aliphatic carbocycles. The molecule has 6 heteroatoms. The van der Waals surface area contributed by atoms with Gasteiger partial charge in [0.15, 0.2) is 0 Å². The van der Waals surface area contributed by atoms with Gasteiger partial charge in [-0.2, -0.15) is 5.10 Å². The third-order valence-corrected chi connectivity index (χ3v) is 2.62. The Morgan fingerprint density at radius 1 is 1.60 bits per heavy atom. The van der Waals surface area contributed by atoms with Gasteiger partial charge in [0.05, 0.1) is 18.4 Å². The van der Waals surface area contributed by atoms with Crippen molar-refractivity contribution >= 4 is 33.5 Å². The number of nitrogens with zero attached hydrogens (tertiary/aromatic N) is 1. The van der Waals surface area contributed by atoms with Gasteiger partial charge in [-0.15, -0.1) is 0 Å². The van der Waals surface area contributed by atoms with E-state index in [1.807, 2.05) is 0 Å². The first-order chi connectivity index (χ1) is 7.13. The van der Waals surface area contributed by atoms with Crippen LogP contribution in [0.3, 0.4) is 0 Å². The highest BCUT2D eigenvalue weighted by Gasteiger charge is 2.38. The van der Waals surface area contributed by atoms with Crippen LogP contribution in [-0.2, 0) is 14.3 Å². The van der Waals surface area contributed by atoms with Crippen LogP contribution in [0.25, 0.3) is 0 Å². The molecule has 1 heterocycles. The molecule has 0 aromatic rings. The number of fused-ring (bicyclic) bond motifs is 1. The van der Waals surface area contributed by atoms with Crippen molar-refractivity contribution in [2.45, 2.75) is 0 Å². The number of esters is 1. The first-order valence-electron chi connectivity index (χ1n) is 4.18. The average Bonchev–Trinajstić information content (AvgIpc) is 2.58. The van der Waals surface area contributed by atoms with E-state index >= 15 is 0 Å². The van der Waals surface area contributed by atoms with Gasteiger partial charge in [0, 0.05) is 4.48 Å². The molecule has 1 atom stereocenters. The summed E-state index contributed by atoms with van der Waals surface area (Å²) in [5, 5.41) is 3.82. The molecule has 15 heavy (non-hydrogen) atoms. The van der Waals surface area contributed by atoms with E-state index in [9.17, 15) is 9.59 Å². The monoisotopic (exact) mass is 270 g/mol. The lowest BCUT2D eigenvalue weighted by Crippen LogP contribution is -2.30. The number of rotatable bonds is 1. The number of allylic oxidation sites excluding steroid dienone is 3. The number of methoxy groups -OCH3 is 1. The first-order valence-corrected chi connectivity index (χ1v) is 4.97. The van der Waals surface area contributed by atoms with Crippen LogP contribution in [0.15, 0.2) is 27.3 Å². The smallest absolute Gasteiger partial charge is 0.334 e. The van der Waals surface area contributed by atoms with E-state index in [-0.39, 0.29) is 5.91 Å². The number of hydrogen-bond donors (Lipinski definition) is 1. The van der Waals surface area contributed by atoms with Gasteiger partial charge in [-0.05, 0) is 12.2 Å². The number of amides is 1. The van der Waals surface area contributed by atoms with Crippen LogP contribution in [0.4, 0.5) is 0 Å². The summed E-state index contributed by atoms with van der Waals surface area (Å²) < 4.78 is 5.29. The second-order valence-corrected chi connectivity index (χ2v) is 3.98. The second kappa shape index (κ2) is 3.62. The fourth-order valence-electron chi connectivity index (χ4n) is 1.51. The molecule has 2 aliphatic rings. The van der Waals surface area contributed by atoms with Crippen LogP contribution in [0.2, 0.25) is 0 Å². The molecule has 1 unspecified atom stereocenters. The van der Waals surface area contributed by atoms with E-state index in [1.54, 1.807) is 12.2 Å². The maximum atomic E-state index is 11.4. The van der Waals surface area contributed by atoms with E-state index in [1.165, 1.54) is 7.11 Å². The van der Waals surface area contributed by atoms with Crippen molar-refractivity contribution in [1.82, 2.24) is 5.43 Å². The lowest BCUT2D eigenvalue weighted by Gasteiger charge is -2.15. The summed E-state index contributed by atoms with van der Waals surface area (Å²) in [6, 6.07) is 0. The van der Waals surface area contributed by atoms with E-state index in [2.05, 4.69) is 31.2 Å². The van der Waals surface area contributed by atoms with Gasteiger partial charge in [0.1, 0.15) is 5.92 Å². The molecule has 0 aromatic heterocycles. The molecule has 0 saturated carbocycles. The molecule has 78 valence electrons. The second-order valence-electron chi connectivity index (χ2n) is 3.07. The van der Waals surface area contributed by atoms with Crippen molar-refractivity contribution in [3.8, 4) is 0 Å². The molecule has 0 radical (unpaired) electrons. The number of carbonyl (C=O) groups excluding carboxylic acids is 2. The average molecular weight is 271 g/mol. The Morgan fingerprint density at radius 3 is 3.00 bits per heavy atom. The molecule has 1 amide bonds. The van der Waals surface area contributed by atoms with Crippen molar-refractivity contribution in [1.29, 1.82) is 0 Å². The molecular formula is C9H7BrN2O3. The van der Waals surface area contributed by atoms with Crippen LogP contribution < -0.4 is 5.43 Å². The standard InChI is InChI=1S/C9H7BrN2O3/c1-15-9(14)5-2-4(10)3-6-7(5)8(13)12-11-6/h2-3,7H,1H3,(H,12,13). The van der Waals surface area contributed by atoms with E-state index in [0.717, 1.165) is 0 Å². The largest absolute Gasteiger partial charge is 0.466 e. The topological polar surface area (TPSA) is 67.8 Å². The van der Waals surface area contributed by atoms with Gasteiger partial charge in [-0.1, -0.05) is 15.9 Å². The summed E-state index contributed by atoms with van der Waals surface area (Å²) in [4.78, 5) is 22.9. The predicted octanol–water partition coefficient (Wildman–Crippen LogP) is 0.480. The number of ether oxygens (including phenoxy) is 1. The van der Waals surface area contributed by atoms with Gasteiger partial charge in [-0.3, -0.25) is 4.79 Å². The molecule has 0 saturated heterocycles. The highest BCUT2D eigenvalue weighted by Crippen LogP contribution is 2.28. The summed E-state index contributed by atoms with van der Waals surface area (Å²) in [6.45, 7) is 0. The van der Waals surface area contributed by atoms with Gasteiger partial charge >= 0.3 is 5.97 Å². The quantitative estimate of drug-likeness (QED) is 0.705. The van der Waals surface area contributed by atoms with Gasteiger partial charge < -0.3 is 4.74 Å². The van der Waals surface area contributed by atoms with Crippen LogP contribution in [0.1, 0.15) is 0 Å². The zero-order chi connectivity index (χ0) is 11.0. The SMILES string of the molecule is COC(=O)C1=CC(Br)=CC2=NNC(=O)C12. The molecule has 0 aromatic carbocycles. The molecule has 1 aliphatic heterocycles. The van der Waals surface area contributed by atoms with E-state index in [0.29, 0.717) is 15.8 Å². The van der Waals surface area contributed by atoms with Gasteiger partial charge in [0.2, 0.25) is 0 Å². The lowest BCUT2D eigenvalue weighted by molar-refractivity contribution is -0.137. The highest BCUT2D eigenvalue weighted by molar-refractivity contribution is 9.11. The van der Waals surface area contributed by atoms with Crippen LogP contribution in [0, 0.1) is 5.92 Å². The van der Waals surface area contributed by atoms with Crippen molar-refractivity contribution < 1.29 is 14.3 Å². The highest BCUT2D eigenvalue weighted by atomic mass is 79.9. The number of nitrogens with one attached hydrogen (secondary N) is 1. The maximum Gasteiger partial charge on any atom is 0.334 e. The first kappa shape index (κ1) is 10.1. The van der Waals surface area contributed by atoms with E-state index in [4.69, 9.17) is 0 Å². The van der Waals surface area contributed by atoms with Gasteiger partial charge in [-0.25, -0.2) is 10.2 Å². The number of hydrazone groups is 1. The molecule has 0 bridgehead atoms. The number of halogens is 1. The third-order valence-electron chi connectivity index (χ3n) is 2.16. The zero-order valence-corrected chi connectivity index (χ0v) is 9.37. The Hall–Kier alpha value is -1.43. The summed E-state index contributed by atoms with van der Waals surface area (Å²) >= 11 is 3.24. The molecule has 2 rings (SSSR count). The van der Waals surface area contributed by atoms with Crippen molar-refractivity contribution in [3.05, 3.63) is 22.2 Å². The molecule has 0 spiro atoms. The fourth-order valence-corrected chi connectivity index (χ4v) is 1.99. The Balaban J connectivity index is 2.44. The Morgan fingerprint density at radius 2 is 2.33 bits per heavy atom. The van der Waals surface area contributed by atoms with Gasteiger partial charge in [0.25, 0.3) is 5.91 Å². The van der Waals surface area contributed by atoms with Crippen LogP contribution >= 0.6 is 15.9 Å². The van der Waals surface area contributed by atoms with Crippen molar-refractivity contribution in [2.24, 2.45) is 11.0 Å². The Bertz CT molecular complexity index is 437. The molecular weight excluding hydrogens is 264 g/mol. The Kier molecular flexibility index (Phi) is 2.44. The fraction of sp³-hybridized carbons (Fsp3) is 0.222. The molecule has 1 N–H and O–H groups in total. The number of hydrogen-bond acceptors (Lipinski definition) is 4. The minimum Gasteiger partial charge on any atom is -0.466 e. The zero-order valence-electron chi connectivity index (χ0n) is 7.78. The van der Waals surface area contributed by atoms with Crippen molar-refractivity contribution in [2.75, 3.05) is 7.11 Å². The van der Waals surface area contributed by atoms with Crippen LogP contribution in [-0.4, -0.2) is 24.7 Å². The summed E-state index contributed by atoms with van der Waals surface area (Å²) in [5.74, 6) is -1.47. The minimum atomic E-state index is -0.640.